The Bertz CT molecular complexity index is 1110. The van der Waals surface area contributed by atoms with Crippen LogP contribution >= 0.6 is 0 Å². The Morgan fingerprint density at radius 2 is 2.19 bits per heavy atom. The van der Waals surface area contributed by atoms with Crippen molar-refractivity contribution in [1.82, 2.24) is 35.3 Å². The van der Waals surface area contributed by atoms with Crippen LogP contribution < -0.4 is 10.2 Å². The predicted molar refractivity (Wildman–Crippen MR) is 104 cm³/mol. The minimum absolute atomic E-state index is 0.497. The fourth-order valence-corrected chi connectivity index (χ4v) is 3.61. The van der Waals surface area contributed by atoms with Crippen molar-refractivity contribution in [3.63, 3.8) is 0 Å². The molecule has 0 aliphatic carbocycles. The number of benzene rings is 1. The van der Waals surface area contributed by atoms with Gasteiger partial charge in [0.05, 0.1) is 18.3 Å². The van der Waals surface area contributed by atoms with Gasteiger partial charge in [-0.1, -0.05) is 17.3 Å². The molecule has 1 aromatic carbocycles. The van der Waals surface area contributed by atoms with Gasteiger partial charge in [0.25, 0.3) is 0 Å². The summed E-state index contributed by atoms with van der Waals surface area (Å²) in [5.41, 5.74) is 3.41. The van der Waals surface area contributed by atoms with E-state index in [1.165, 1.54) is 0 Å². The van der Waals surface area contributed by atoms with Crippen molar-refractivity contribution in [3.8, 4) is 0 Å². The van der Waals surface area contributed by atoms with Gasteiger partial charge in [-0.05, 0) is 37.2 Å². The molecule has 0 amide bonds. The smallest absolute Gasteiger partial charge is 0.221 e. The molecule has 1 saturated heterocycles. The Hall–Kier alpha value is -3.13. The summed E-state index contributed by atoms with van der Waals surface area (Å²) in [5, 5.41) is 12.9. The third-order valence-corrected chi connectivity index (χ3v) is 5.13. The van der Waals surface area contributed by atoms with Crippen molar-refractivity contribution in [2.75, 3.05) is 25.0 Å². The molecule has 1 aliphatic heterocycles. The number of hydrogen-bond donors (Lipinski definition) is 1. The van der Waals surface area contributed by atoms with E-state index in [4.69, 9.17) is 4.98 Å². The normalized spacial score (nSPS) is 17.2. The van der Waals surface area contributed by atoms with Crippen LogP contribution in [0.1, 0.15) is 12.0 Å². The molecule has 0 saturated carbocycles. The van der Waals surface area contributed by atoms with Gasteiger partial charge in [0.2, 0.25) is 5.65 Å². The largest absolute Gasteiger partial charge is 0.354 e. The number of fused-ring (bicyclic) bond motifs is 2. The van der Waals surface area contributed by atoms with Crippen LogP contribution in [0.2, 0.25) is 0 Å². The predicted octanol–water partition coefficient (Wildman–Crippen LogP) is 1.62. The van der Waals surface area contributed by atoms with Gasteiger partial charge in [-0.25, -0.2) is 14.6 Å². The highest BCUT2D eigenvalue weighted by Gasteiger charge is 2.23. The van der Waals surface area contributed by atoms with E-state index in [0.717, 1.165) is 41.8 Å². The maximum absolute atomic E-state index is 4.81. The molecule has 1 N–H and O–H groups in total. The highest BCUT2D eigenvalue weighted by molar-refractivity contribution is 5.79. The van der Waals surface area contributed by atoms with E-state index in [-0.39, 0.29) is 0 Å². The monoisotopic (exact) mass is 360 g/mol. The van der Waals surface area contributed by atoms with Crippen molar-refractivity contribution in [1.29, 1.82) is 0 Å². The average Bonchev–Trinajstić information content (AvgIpc) is 3.35. The molecule has 0 radical (unpaired) electrons. The molecule has 0 spiro atoms. The van der Waals surface area contributed by atoms with Gasteiger partial charge in [-0.3, -0.25) is 4.98 Å². The van der Waals surface area contributed by atoms with E-state index in [9.17, 15) is 0 Å². The van der Waals surface area contributed by atoms with Crippen molar-refractivity contribution >= 4 is 28.0 Å². The van der Waals surface area contributed by atoms with Crippen LogP contribution in [0.3, 0.4) is 0 Å². The summed E-state index contributed by atoms with van der Waals surface area (Å²) < 4.78 is 1.81. The molecule has 136 valence electrons. The fourth-order valence-electron chi connectivity index (χ4n) is 3.61. The second kappa shape index (κ2) is 6.55. The Balaban J connectivity index is 1.46. The summed E-state index contributed by atoms with van der Waals surface area (Å²) in [7, 11) is 2.00. The molecule has 4 heterocycles. The first-order valence-electron chi connectivity index (χ1n) is 9.12. The summed E-state index contributed by atoms with van der Waals surface area (Å²) in [4.78, 5) is 15.9. The van der Waals surface area contributed by atoms with E-state index < -0.39 is 0 Å². The van der Waals surface area contributed by atoms with Gasteiger partial charge in [0.1, 0.15) is 5.82 Å². The van der Waals surface area contributed by atoms with Crippen LogP contribution in [-0.4, -0.2) is 56.1 Å². The highest BCUT2D eigenvalue weighted by Crippen LogP contribution is 2.20. The summed E-state index contributed by atoms with van der Waals surface area (Å²) >= 11 is 0. The number of rotatable bonds is 4. The molecule has 8 nitrogen and oxygen atoms in total. The molecular weight excluding hydrogens is 340 g/mol. The van der Waals surface area contributed by atoms with Gasteiger partial charge < -0.3 is 10.2 Å². The molecule has 1 aliphatic rings. The van der Waals surface area contributed by atoms with E-state index in [2.05, 4.69) is 48.7 Å². The quantitative estimate of drug-likeness (QED) is 0.592. The number of hydrogen-bond acceptors (Lipinski definition) is 7. The van der Waals surface area contributed by atoms with E-state index in [1.54, 1.807) is 12.4 Å². The zero-order valence-corrected chi connectivity index (χ0v) is 15.1. The summed E-state index contributed by atoms with van der Waals surface area (Å²) in [5.74, 6) is 0.881. The zero-order valence-electron chi connectivity index (χ0n) is 15.1. The molecule has 4 aromatic rings. The lowest BCUT2D eigenvalue weighted by molar-refractivity contribution is 0.616. The van der Waals surface area contributed by atoms with Gasteiger partial charge in [0, 0.05) is 30.7 Å². The Labute approximate surface area is 156 Å². The topological polar surface area (TPSA) is 84.6 Å². The van der Waals surface area contributed by atoms with Crippen molar-refractivity contribution in [3.05, 3.63) is 48.3 Å². The molecule has 0 bridgehead atoms. The van der Waals surface area contributed by atoms with Gasteiger partial charge in [-0.15, -0.1) is 5.10 Å². The van der Waals surface area contributed by atoms with E-state index in [1.807, 2.05) is 23.9 Å². The summed E-state index contributed by atoms with van der Waals surface area (Å²) in [6, 6.07) is 10.7. The Morgan fingerprint density at radius 1 is 1.22 bits per heavy atom. The molecule has 5 rings (SSSR count). The first-order valence-corrected chi connectivity index (χ1v) is 9.12. The zero-order chi connectivity index (χ0) is 18.2. The molecule has 1 fully saturated rings. The van der Waals surface area contributed by atoms with Gasteiger partial charge >= 0.3 is 0 Å². The van der Waals surface area contributed by atoms with Crippen molar-refractivity contribution in [2.45, 2.75) is 19.0 Å². The Kier molecular flexibility index (Phi) is 3.90. The maximum Gasteiger partial charge on any atom is 0.221 e. The molecule has 0 unspecified atom stereocenters. The third kappa shape index (κ3) is 2.97. The summed E-state index contributed by atoms with van der Waals surface area (Å²) in [6.07, 6.45) is 4.71. The number of nitrogens with zero attached hydrogens (tertiary/aromatic N) is 7. The first kappa shape index (κ1) is 16.1. The molecule has 8 heteroatoms. The molecule has 1 atom stereocenters. The van der Waals surface area contributed by atoms with Crippen molar-refractivity contribution < 1.29 is 0 Å². The van der Waals surface area contributed by atoms with Crippen LogP contribution in [0.15, 0.2) is 42.7 Å². The number of nitrogens with one attached hydrogen (secondary N) is 1. The van der Waals surface area contributed by atoms with Crippen LogP contribution in [0.25, 0.3) is 22.2 Å². The Morgan fingerprint density at radius 3 is 3.07 bits per heavy atom. The van der Waals surface area contributed by atoms with Crippen LogP contribution in [-0.2, 0) is 6.54 Å². The van der Waals surface area contributed by atoms with E-state index >= 15 is 0 Å². The molecule has 3 aromatic heterocycles. The highest BCUT2D eigenvalue weighted by atomic mass is 15.5. The minimum atomic E-state index is 0.497. The third-order valence-electron chi connectivity index (χ3n) is 5.13. The number of aromatic nitrogens is 6. The standard InChI is InChI=1S/C19H20N8/c1-20-15-6-8-26(12-15)17-10-22-18-19(23-17)27(25-24-18)11-13-4-5-16-14(9-13)3-2-7-21-16/h2-5,7,9-10,15,20H,6,8,11-12H2,1H3/t15-/m1/s1. The summed E-state index contributed by atoms with van der Waals surface area (Å²) in [6.45, 7) is 2.51. The first-order chi connectivity index (χ1) is 13.3. The fraction of sp³-hybridized carbons (Fsp3) is 0.316. The lowest BCUT2D eigenvalue weighted by Gasteiger charge is -2.16. The second-order valence-electron chi connectivity index (χ2n) is 6.87. The lowest BCUT2D eigenvalue weighted by atomic mass is 10.1. The molecule has 27 heavy (non-hydrogen) atoms. The second-order valence-corrected chi connectivity index (χ2v) is 6.87. The van der Waals surface area contributed by atoms with Gasteiger partial charge in [0.15, 0.2) is 5.65 Å². The van der Waals surface area contributed by atoms with E-state index in [0.29, 0.717) is 23.9 Å². The van der Waals surface area contributed by atoms with Gasteiger partial charge in [-0.2, -0.15) is 0 Å². The van der Waals surface area contributed by atoms with Crippen LogP contribution in [0, 0.1) is 0 Å². The minimum Gasteiger partial charge on any atom is -0.354 e. The number of anilines is 1. The SMILES string of the molecule is CN[C@@H]1CCN(c2cnc3nnn(Cc4ccc5ncccc5c4)c3n2)C1. The van der Waals surface area contributed by atoms with Crippen LogP contribution in [0.4, 0.5) is 5.82 Å². The molecular formula is C19H20N8. The van der Waals surface area contributed by atoms with Crippen molar-refractivity contribution in [2.24, 2.45) is 0 Å². The number of likely N-dealkylation sites (N-methyl/N-ethyl adjacent to an activating group) is 1. The average molecular weight is 360 g/mol. The number of pyridine rings is 1. The van der Waals surface area contributed by atoms with Crippen LogP contribution in [0.5, 0.6) is 0 Å². The lowest BCUT2D eigenvalue weighted by Crippen LogP contribution is -2.29. The maximum atomic E-state index is 4.81.